The summed E-state index contributed by atoms with van der Waals surface area (Å²) >= 11 is 12.1. The minimum Gasteiger partial charge on any atom is -0.481 e. The third-order valence-corrected chi connectivity index (χ3v) is 4.84. The lowest BCUT2D eigenvalue weighted by Crippen LogP contribution is -2.05. The number of benzene rings is 2. The number of hydrogen-bond donors (Lipinski definition) is 1. The number of aryl methyl sites for hydroxylation is 1. The van der Waals surface area contributed by atoms with E-state index in [2.05, 4.69) is 0 Å². The molecule has 0 saturated heterocycles. The molecule has 0 aliphatic heterocycles. The van der Waals surface area contributed by atoms with Crippen molar-refractivity contribution in [1.82, 2.24) is 4.57 Å². The minimum atomic E-state index is -4.47. The fraction of sp³-hybridized carbons (Fsp3) is 0.211. The van der Waals surface area contributed by atoms with Gasteiger partial charge in [0.1, 0.15) is 0 Å². The molecule has 0 fully saturated rings. The van der Waals surface area contributed by atoms with Crippen LogP contribution >= 0.6 is 23.2 Å². The maximum absolute atomic E-state index is 13.1. The Morgan fingerprint density at radius 2 is 1.81 bits per heavy atom. The Hall–Kier alpha value is -2.18. The fourth-order valence-corrected chi connectivity index (χ4v) is 3.42. The van der Waals surface area contributed by atoms with Gasteiger partial charge in [0.15, 0.2) is 0 Å². The van der Waals surface area contributed by atoms with Gasteiger partial charge < -0.3 is 9.67 Å². The summed E-state index contributed by atoms with van der Waals surface area (Å²) in [7, 11) is 0. The van der Waals surface area contributed by atoms with E-state index in [1.807, 2.05) is 0 Å². The quantitative estimate of drug-likeness (QED) is 0.552. The summed E-state index contributed by atoms with van der Waals surface area (Å²) in [6, 6.07) is 8.39. The van der Waals surface area contributed by atoms with Crippen LogP contribution in [0, 0.1) is 0 Å². The predicted molar refractivity (Wildman–Crippen MR) is 98.5 cm³/mol. The second-order valence-corrected chi connectivity index (χ2v) is 6.99. The molecule has 27 heavy (non-hydrogen) atoms. The smallest absolute Gasteiger partial charge is 0.416 e. The summed E-state index contributed by atoms with van der Waals surface area (Å²) in [5.41, 5.74) is 0.976. The van der Waals surface area contributed by atoms with Gasteiger partial charge in [0.05, 0.1) is 5.56 Å². The molecule has 1 N–H and O–H groups in total. The van der Waals surface area contributed by atoms with Crippen molar-refractivity contribution in [2.24, 2.45) is 0 Å². The highest BCUT2D eigenvalue weighted by molar-refractivity contribution is 6.35. The van der Waals surface area contributed by atoms with E-state index in [1.54, 1.807) is 29.0 Å². The number of carboxylic acids is 1. The number of hydrogen-bond acceptors (Lipinski definition) is 1. The molecule has 3 rings (SSSR count). The molecule has 0 atom stereocenters. The second-order valence-electron chi connectivity index (χ2n) is 6.14. The molecule has 0 spiro atoms. The van der Waals surface area contributed by atoms with Crippen LogP contribution in [0.1, 0.15) is 23.1 Å². The molecule has 0 aliphatic rings. The van der Waals surface area contributed by atoms with Crippen LogP contribution < -0.4 is 0 Å². The molecule has 3 aromatic rings. The molecule has 0 bridgehead atoms. The van der Waals surface area contributed by atoms with Gasteiger partial charge in [-0.25, -0.2) is 0 Å². The molecule has 2 aromatic carbocycles. The Labute approximate surface area is 162 Å². The van der Waals surface area contributed by atoms with Crippen molar-refractivity contribution >= 4 is 40.1 Å². The Morgan fingerprint density at radius 3 is 2.44 bits per heavy atom. The average Bonchev–Trinajstić information content (AvgIpc) is 2.92. The summed E-state index contributed by atoms with van der Waals surface area (Å²) in [5, 5.41) is 10.4. The zero-order chi connectivity index (χ0) is 19.8. The van der Waals surface area contributed by atoms with Gasteiger partial charge in [0.2, 0.25) is 0 Å². The van der Waals surface area contributed by atoms with E-state index in [0.717, 1.165) is 12.1 Å². The van der Waals surface area contributed by atoms with Gasteiger partial charge in [-0.15, -0.1) is 0 Å². The second kappa shape index (κ2) is 7.44. The molecule has 142 valence electrons. The van der Waals surface area contributed by atoms with Crippen LogP contribution in [-0.2, 0) is 23.9 Å². The molecule has 8 heteroatoms. The Morgan fingerprint density at radius 1 is 1.07 bits per heavy atom. The molecule has 0 amide bonds. The first-order valence-corrected chi connectivity index (χ1v) is 8.75. The normalized spacial score (nSPS) is 11.9. The van der Waals surface area contributed by atoms with E-state index >= 15 is 0 Å². The van der Waals surface area contributed by atoms with Crippen molar-refractivity contribution in [2.75, 3.05) is 0 Å². The largest absolute Gasteiger partial charge is 0.481 e. The van der Waals surface area contributed by atoms with Crippen molar-refractivity contribution < 1.29 is 23.1 Å². The van der Waals surface area contributed by atoms with E-state index in [4.69, 9.17) is 28.3 Å². The number of aliphatic carboxylic acids is 1. The van der Waals surface area contributed by atoms with Crippen molar-refractivity contribution in [3.05, 3.63) is 69.3 Å². The molecule has 0 radical (unpaired) electrons. The highest BCUT2D eigenvalue weighted by Gasteiger charge is 2.31. The van der Waals surface area contributed by atoms with Crippen LogP contribution in [0.2, 0.25) is 10.0 Å². The summed E-state index contributed by atoms with van der Waals surface area (Å²) in [6.45, 7) is 0.237. The van der Waals surface area contributed by atoms with Crippen molar-refractivity contribution in [2.45, 2.75) is 25.6 Å². The fourth-order valence-electron chi connectivity index (χ4n) is 2.95. The van der Waals surface area contributed by atoms with E-state index in [0.29, 0.717) is 32.1 Å². The van der Waals surface area contributed by atoms with Crippen molar-refractivity contribution in [1.29, 1.82) is 0 Å². The van der Waals surface area contributed by atoms with Crippen LogP contribution in [0.5, 0.6) is 0 Å². The topological polar surface area (TPSA) is 42.2 Å². The first kappa shape index (κ1) is 19.6. The Kier molecular flexibility index (Phi) is 5.40. The summed E-state index contributed by atoms with van der Waals surface area (Å²) in [5.74, 6) is -0.969. The number of halogens is 5. The van der Waals surface area contributed by atoms with Crippen LogP contribution in [0.4, 0.5) is 13.2 Å². The predicted octanol–water partition coefficient (Wildman–Crippen LogP) is 6.03. The summed E-state index contributed by atoms with van der Waals surface area (Å²) < 4.78 is 41.0. The Bertz CT molecular complexity index is 1010. The highest BCUT2D eigenvalue weighted by atomic mass is 35.5. The molecule has 0 unspecified atom stereocenters. The first-order chi connectivity index (χ1) is 12.6. The lowest BCUT2D eigenvalue weighted by Gasteiger charge is -2.10. The SMILES string of the molecule is O=C(O)CCc1cn(Cc2ccc(Cl)cc2Cl)c2cc(C(F)(F)F)ccc12. The molecule has 1 aromatic heterocycles. The number of rotatable bonds is 5. The van der Waals surface area contributed by atoms with Gasteiger partial charge in [-0.1, -0.05) is 35.3 Å². The standard InChI is InChI=1S/C19H14Cl2F3NO2/c20-14-4-1-12(16(21)8-14)10-25-9-11(2-6-18(26)27)15-5-3-13(7-17(15)25)19(22,23)24/h1,3-5,7-9H,2,6,10H2,(H,26,27). The van der Waals surface area contributed by atoms with Gasteiger partial charge in [-0.3, -0.25) is 4.79 Å². The number of nitrogens with zero attached hydrogens (tertiary/aromatic N) is 1. The lowest BCUT2D eigenvalue weighted by molar-refractivity contribution is -0.138. The van der Waals surface area contributed by atoms with Gasteiger partial charge >= 0.3 is 12.1 Å². The third-order valence-electron chi connectivity index (χ3n) is 4.26. The van der Waals surface area contributed by atoms with Crippen molar-refractivity contribution in [3.63, 3.8) is 0 Å². The zero-order valence-corrected chi connectivity index (χ0v) is 15.4. The molecular formula is C19H14Cl2F3NO2. The van der Waals surface area contributed by atoms with Crippen LogP contribution in [0.25, 0.3) is 10.9 Å². The molecule has 3 nitrogen and oxygen atoms in total. The molecular weight excluding hydrogens is 402 g/mol. The number of carboxylic acid groups (broad SMARTS) is 1. The third kappa shape index (κ3) is 4.39. The van der Waals surface area contributed by atoms with Gasteiger partial charge in [-0.2, -0.15) is 13.2 Å². The Balaban J connectivity index is 2.09. The van der Waals surface area contributed by atoms with E-state index in [-0.39, 0.29) is 19.4 Å². The lowest BCUT2D eigenvalue weighted by atomic mass is 10.1. The number of alkyl halides is 3. The van der Waals surface area contributed by atoms with Gasteiger partial charge in [0.25, 0.3) is 0 Å². The zero-order valence-electron chi connectivity index (χ0n) is 13.9. The first-order valence-electron chi connectivity index (χ1n) is 8.00. The number of carbonyl (C=O) groups is 1. The van der Waals surface area contributed by atoms with E-state index in [9.17, 15) is 18.0 Å². The van der Waals surface area contributed by atoms with Crippen LogP contribution in [-0.4, -0.2) is 15.6 Å². The summed E-state index contributed by atoms with van der Waals surface area (Å²) in [6.07, 6.45) is -2.68. The summed E-state index contributed by atoms with van der Waals surface area (Å²) in [4.78, 5) is 10.9. The van der Waals surface area contributed by atoms with Gasteiger partial charge in [0, 0.05) is 40.1 Å². The molecule has 0 saturated carbocycles. The maximum Gasteiger partial charge on any atom is 0.416 e. The van der Waals surface area contributed by atoms with Crippen LogP contribution in [0.15, 0.2) is 42.6 Å². The maximum atomic E-state index is 13.1. The minimum absolute atomic E-state index is 0.109. The average molecular weight is 416 g/mol. The van der Waals surface area contributed by atoms with Gasteiger partial charge in [-0.05, 0) is 41.8 Å². The van der Waals surface area contributed by atoms with Crippen LogP contribution in [0.3, 0.4) is 0 Å². The molecule has 0 aliphatic carbocycles. The highest BCUT2D eigenvalue weighted by Crippen LogP contribution is 2.34. The number of aromatic nitrogens is 1. The van der Waals surface area contributed by atoms with E-state index in [1.165, 1.54) is 6.07 Å². The van der Waals surface area contributed by atoms with Crippen molar-refractivity contribution in [3.8, 4) is 0 Å². The molecule has 1 heterocycles. The van der Waals surface area contributed by atoms with E-state index < -0.39 is 17.7 Å². The monoisotopic (exact) mass is 415 g/mol. The number of fused-ring (bicyclic) bond motifs is 1.